The second kappa shape index (κ2) is 9.34. The van der Waals surface area contributed by atoms with Crippen LogP contribution in [0.5, 0.6) is 0 Å². The quantitative estimate of drug-likeness (QED) is 0.333. The summed E-state index contributed by atoms with van der Waals surface area (Å²) in [5.74, 6) is -1.35. The van der Waals surface area contributed by atoms with E-state index < -0.39 is 11.9 Å². The van der Waals surface area contributed by atoms with E-state index in [0.29, 0.717) is 21.4 Å². The second-order valence-electron chi connectivity index (χ2n) is 7.52. The molecule has 0 radical (unpaired) electrons. The number of benzene rings is 2. The van der Waals surface area contributed by atoms with E-state index in [0.717, 1.165) is 11.1 Å². The number of azo groups is 1. The zero-order valence-corrected chi connectivity index (χ0v) is 20.1. The van der Waals surface area contributed by atoms with Gasteiger partial charge < -0.3 is 4.84 Å². The van der Waals surface area contributed by atoms with Crippen molar-refractivity contribution >= 4 is 46.5 Å². The molecule has 0 aliphatic carbocycles. The minimum atomic E-state index is -0.698. The molecule has 0 spiro atoms. The first-order valence-corrected chi connectivity index (χ1v) is 10.8. The van der Waals surface area contributed by atoms with Crippen molar-refractivity contribution in [2.75, 3.05) is 5.01 Å². The van der Waals surface area contributed by atoms with E-state index in [1.165, 1.54) is 9.71 Å². The molecule has 2 heterocycles. The number of halogens is 2. The number of hydrazine groups is 1. The first-order valence-electron chi connectivity index (χ1n) is 10.0. The summed E-state index contributed by atoms with van der Waals surface area (Å²) in [5, 5.41) is 14.5. The number of aryl methyl sites for hydroxylation is 2. The SMILES string of the molecule is CC(/N=N\C(C)=C1/C(=O)ON=[N+]1c1ccc(C)c(Cl)c1)=C1\C(=O)ONN1c1ccc(C)c(Cl)c1. The molecule has 1 saturated heterocycles. The van der Waals surface area contributed by atoms with Crippen LogP contribution in [0.15, 0.2) is 74.7 Å². The molecule has 1 N–H and O–H groups in total. The van der Waals surface area contributed by atoms with Crippen molar-refractivity contribution in [1.82, 2.24) is 5.59 Å². The van der Waals surface area contributed by atoms with Gasteiger partial charge in [0.05, 0.1) is 16.4 Å². The summed E-state index contributed by atoms with van der Waals surface area (Å²) < 4.78 is 1.29. The topological polar surface area (TPSA) is 108 Å². The number of rotatable bonds is 4. The lowest BCUT2D eigenvalue weighted by atomic mass is 10.2. The molecule has 4 rings (SSSR count). The van der Waals surface area contributed by atoms with Crippen LogP contribution in [-0.2, 0) is 19.3 Å². The highest BCUT2D eigenvalue weighted by Crippen LogP contribution is 2.31. The van der Waals surface area contributed by atoms with Crippen LogP contribution in [0.4, 0.5) is 11.4 Å². The average molecular weight is 502 g/mol. The number of anilines is 1. The normalized spacial score (nSPS) is 18.9. The lowest BCUT2D eigenvalue weighted by Crippen LogP contribution is -2.29. The van der Waals surface area contributed by atoms with E-state index in [4.69, 9.17) is 32.9 Å². The summed E-state index contributed by atoms with van der Waals surface area (Å²) in [5.41, 5.74) is 6.01. The van der Waals surface area contributed by atoms with Crippen LogP contribution in [0.25, 0.3) is 0 Å². The Balaban J connectivity index is 1.68. The van der Waals surface area contributed by atoms with Gasteiger partial charge in [-0.3, -0.25) is 4.84 Å². The third-order valence-corrected chi connectivity index (χ3v) is 5.92. The maximum absolute atomic E-state index is 12.4. The zero-order valence-electron chi connectivity index (χ0n) is 18.6. The van der Waals surface area contributed by atoms with E-state index in [-0.39, 0.29) is 22.8 Å². The first kappa shape index (κ1) is 23.6. The minimum absolute atomic E-state index is 0.0655. The molecule has 0 aromatic heterocycles. The molecule has 2 aliphatic rings. The third kappa shape index (κ3) is 4.43. The first-order chi connectivity index (χ1) is 16.2. The summed E-state index contributed by atoms with van der Waals surface area (Å²) in [6.07, 6.45) is 0. The van der Waals surface area contributed by atoms with Gasteiger partial charge in [0.1, 0.15) is 5.70 Å². The largest absolute Gasteiger partial charge is 0.439 e. The molecule has 1 fully saturated rings. The molecule has 10 nitrogen and oxygen atoms in total. The Morgan fingerprint density at radius 3 is 2.29 bits per heavy atom. The van der Waals surface area contributed by atoms with Crippen LogP contribution >= 0.6 is 23.2 Å². The molecule has 0 amide bonds. The van der Waals surface area contributed by atoms with Gasteiger partial charge >= 0.3 is 17.6 Å². The highest BCUT2D eigenvalue weighted by molar-refractivity contribution is 6.31. The Kier molecular flexibility index (Phi) is 6.47. The molecular formula is C22H19Cl2N6O4+. The van der Waals surface area contributed by atoms with Gasteiger partial charge in [-0.15, -0.1) is 5.11 Å². The highest BCUT2D eigenvalue weighted by atomic mass is 35.5. The lowest BCUT2D eigenvalue weighted by Gasteiger charge is -2.16. The smallest absolute Gasteiger partial charge is 0.345 e. The summed E-state index contributed by atoms with van der Waals surface area (Å²) in [7, 11) is 0. The number of nitrogens with one attached hydrogen (secondary N) is 1. The Labute approximate surface area is 204 Å². The molecule has 174 valence electrons. The Morgan fingerprint density at radius 1 is 0.971 bits per heavy atom. The predicted molar refractivity (Wildman–Crippen MR) is 123 cm³/mol. The number of hydrogen-bond acceptors (Lipinski definition) is 9. The molecule has 2 aromatic carbocycles. The standard InChI is InChI=1S/C22H19Cl2N6O4/c1-11-5-7-15(9-17(11)23)29-19(21(31)33-27-29)13(3)25-26-14(4)20-22(32)34-28-30(20)16-8-6-12(2)18(24)10-16/h5-10,27H,1-4H3/q+1/b19-13-,20-14+,26-25-. The highest BCUT2D eigenvalue weighted by Gasteiger charge is 2.39. The average Bonchev–Trinajstić information content (AvgIpc) is 3.38. The summed E-state index contributed by atoms with van der Waals surface area (Å²) in [6, 6.07) is 10.5. The predicted octanol–water partition coefficient (Wildman–Crippen LogP) is 5.58. The molecule has 0 atom stereocenters. The number of carbonyl (C=O) groups is 2. The van der Waals surface area contributed by atoms with Crippen LogP contribution in [0.2, 0.25) is 10.0 Å². The van der Waals surface area contributed by atoms with E-state index >= 15 is 0 Å². The van der Waals surface area contributed by atoms with Crippen molar-refractivity contribution in [3.05, 3.63) is 80.4 Å². The second-order valence-corrected chi connectivity index (χ2v) is 8.34. The molecule has 0 bridgehead atoms. The van der Waals surface area contributed by atoms with Gasteiger partial charge in [-0.05, 0) is 55.7 Å². The fourth-order valence-corrected chi connectivity index (χ4v) is 3.52. The number of nitrogens with zero attached hydrogens (tertiary/aromatic N) is 5. The number of carbonyl (C=O) groups excluding carboxylic acids is 2. The number of allylic oxidation sites excluding steroid dienone is 2. The summed E-state index contributed by atoms with van der Waals surface area (Å²) in [4.78, 5) is 34.5. The Morgan fingerprint density at radius 2 is 1.62 bits per heavy atom. The zero-order chi connectivity index (χ0) is 24.6. The summed E-state index contributed by atoms with van der Waals surface area (Å²) in [6.45, 7) is 6.89. The van der Waals surface area contributed by atoms with Gasteiger partial charge in [0.2, 0.25) is 11.0 Å². The van der Waals surface area contributed by atoms with E-state index in [2.05, 4.69) is 21.1 Å². The van der Waals surface area contributed by atoms with E-state index in [1.807, 2.05) is 19.9 Å². The van der Waals surface area contributed by atoms with Crippen LogP contribution in [0, 0.1) is 13.8 Å². The van der Waals surface area contributed by atoms with Gasteiger partial charge in [-0.1, -0.05) is 40.9 Å². The van der Waals surface area contributed by atoms with Crippen LogP contribution in [-0.4, -0.2) is 16.6 Å². The summed E-state index contributed by atoms with van der Waals surface area (Å²) >= 11 is 12.4. The van der Waals surface area contributed by atoms with Gasteiger partial charge in [0.25, 0.3) is 0 Å². The van der Waals surface area contributed by atoms with E-state index in [1.54, 1.807) is 44.2 Å². The maximum Gasteiger partial charge on any atom is 0.439 e. The Bertz CT molecular complexity index is 1350. The van der Waals surface area contributed by atoms with Gasteiger partial charge in [0, 0.05) is 17.2 Å². The van der Waals surface area contributed by atoms with Crippen molar-refractivity contribution in [3.8, 4) is 0 Å². The molecule has 0 saturated carbocycles. The van der Waals surface area contributed by atoms with Gasteiger partial charge in [0.15, 0.2) is 5.70 Å². The fraction of sp³-hybridized carbons (Fsp3) is 0.182. The number of hydrogen-bond donors (Lipinski definition) is 1. The van der Waals surface area contributed by atoms with Gasteiger partial charge in [-0.2, -0.15) is 5.11 Å². The third-order valence-electron chi connectivity index (χ3n) is 5.11. The lowest BCUT2D eigenvalue weighted by molar-refractivity contribution is -0.464. The van der Waals surface area contributed by atoms with Crippen molar-refractivity contribution in [1.29, 1.82) is 0 Å². The van der Waals surface area contributed by atoms with Crippen molar-refractivity contribution in [2.24, 2.45) is 15.5 Å². The minimum Gasteiger partial charge on any atom is -0.345 e. The van der Waals surface area contributed by atoms with Crippen LogP contribution in [0.1, 0.15) is 25.0 Å². The molecule has 2 aliphatic heterocycles. The van der Waals surface area contributed by atoms with Crippen molar-refractivity contribution < 1.29 is 24.0 Å². The molecule has 12 heteroatoms. The van der Waals surface area contributed by atoms with Gasteiger partial charge in [-0.25, -0.2) is 14.6 Å². The van der Waals surface area contributed by atoms with Crippen molar-refractivity contribution in [3.63, 3.8) is 0 Å². The fourth-order valence-electron chi connectivity index (χ4n) is 3.17. The molecule has 2 aromatic rings. The molecule has 34 heavy (non-hydrogen) atoms. The monoisotopic (exact) mass is 501 g/mol. The molecular weight excluding hydrogens is 483 g/mol. The molecule has 0 unspecified atom stereocenters. The maximum atomic E-state index is 12.4. The van der Waals surface area contributed by atoms with Crippen molar-refractivity contribution in [2.45, 2.75) is 27.7 Å². The van der Waals surface area contributed by atoms with Crippen LogP contribution in [0.3, 0.4) is 0 Å². The van der Waals surface area contributed by atoms with Crippen LogP contribution < -0.4 is 10.6 Å². The Hall–Kier alpha value is -3.60. The van der Waals surface area contributed by atoms with E-state index in [9.17, 15) is 9.59 Å².